The first-order chi connectivity index (χ1) is 7.45. The molecule has 1 aliphatic rings. The first-order valence-electron chi connectivity index (χ1n) is 6.92. The van der Waals surface area contributed by atoms with Gasteiger partial charge in [-0.3, -0.25) is 0 Å². The molecule has 2 nitrogen and oxygen atoms in total. The molecule has 0 saturated carbocycles. The second-order valence-corrected chi connectivity index (χ2v) is 6.28. The molecule has 2 unspecified atom stereocenters. The molecule has 1 heterocycles. The average molecular weight is 226 g/mol. The quantitative estimate of drug-likeness (QED) is 0.779. The minimum absolute atomic E-state index is 0.397. The van der Waals surface area contributed by atoms with Crippen LogP contribution in [0.15, 0.2) is 0 Å². The number of hydrogen-bond acceptors (Lipinski definition) is 2. The van der Waals surface area contributed by atoms with E-state index in [-0.39, 0.29) is 0 Å². The van der Waals surface area contributed by atoms with E-state index in [2.05, 4.69) is 44.8 Å². The summed E-state index contributed by atoms with van der Waals surface area (Å²) < 4.78 is 0. The zero-order valence-corrected chi connectivity index (χ0v) is 11.8. The highest BCUT2D eigenvalue weighted by atomic mass is 15.2. The van der Waals surface area contributed by atoms with Crippen LogP contribution in [0.3, 0.4) is 0 Å². The van der Waals surface area contributed by atoms with Crippen molar-refractivity contribution in [3.8, 4) is 0 Å². The molecule has 1 aliphatic heterocycles. The Morgan fingerprint density at radius 1 is 1.31 bits per heavy atom. The van der Waals surface area contributed by atoms with Gasteiger partial charge in [0.05, 0.1) is 0 Å². The van der Waals surface area contributed by atoms with Gasteiger partial charge in [0, 0.05) is 12.1 Å². The highest BCUT2D eigenvalue weighted by Gasteiger charge is 2.26. The van der Waals surface area contributed by atoms with E-state index < -0.39 is 0 Å². The molecule has 2 atom stereocenters. The van der Waals surface area contributed by atoms with Gasteiger partial charge < -0.3 is 10.2 Å². The summed E-state index contributed by atoms with van der Waals surface area (Å²) in [5.41, 5.74) is 0.397. The molecular weight excluding hydrogens is 196 g/mol. The fraction of sp³-hybridized carbons (Fsp3) is 1.00. The molecule has 0 aliphatic carbocycles. The Morgan fingerprint density at radius 2 is 2.00 bits per heavy atom. The van der Waals surface area contributed by atoms with Crippen molar-refractivity contribution in [2.24, 2.45) is 5.41 Å². The lowest BCUT2D eigenvalue weighted by Crippen LogP contribution is -2.47. The van der Waals surface area contributed by atoms with E-state index in [1.165, 1.54) is 38.9 Å². The third-order valence-corrected chi connectivity index (χ3v) is 4.11. The second-order valence-electron chi connectivity index (χ2n) is 6.28. The Balaban J connectivity index is 2.52. The molecule has 0 bridgehead atoms. The van der Waals surface area contributed by atoms with Crippen LogP contribution in [-0.4, -0.2) is 36.6 Å². The Morgan fingerprint density at radius 3 is 2.56 bits per heavy atom. The van der Waals surface area contributed by atoms with Crippen LogP contribution >= 0.6 is 0 Å². The van der Waals surface area contributed by atoms with Crippen LogP contribution in [-0.2, 0) is 0 Å². The van der Waals surface area contributed by atoms with Gasteiger partial charge >= 0.3 is 0 Å². The van der Waals surface area contributed by atoms with Gasteiger partial charge in [-0.2, -0.15) is 0 Å². The summed E-state index contributed by atoms with van der Waals surface area (Å²) in [6.07, 6.45) is 3.85. The molecule has 96 valence electrons. The zero-order valence-electron chi connectivity index (χ0n) is 11.8. The van der Waals surface area contributed by atoms with Gasteiger partial charge in [0.25, 0.3) is 0 Å². The van der Waals surface area contributed by atoms with Crippen molar-refractivity contribution in [3.63, 3.8) is 0 Å². The van der Waals surface area contributed by atoms with E-state index in [0.717, 1.165) is 6.04 Å². The summed E-state index contributed by atoms with van der Waals surface area (Å²) in [5, 5.41) is 3.64. The molecule has 0 spiro atoms. The molecule has 1 N–H and O–H groups in total. The number of rotatable bonds is 2. The lowest BCUT2D eigenvalue weighted by Gasteiger charge is -2.40. The monoisotopic (exact) mass is 226 g/mol. The average Bonchev–Trinajstić information content (AvgIpc) is 2.16. The zero-order chi connectivity index (χ0) is 12.2. The third kappa shape index (κ3) is 4.06. The van der Waals surface area contributed by atoms with Crippen LogP contribution in [0, 0.1) is 5.41 Å². The normalized spacial score (nSPS) is 27.2. The Kier molecular flexibility index (Phi) is 5.26. The summed E-state index contributed by atoms with van der Waals surface area (Å²) in [6, 6.07) is 1.41. The fourth-order valence-electron chi connectivity index (χ4n) is 2.41. The first kappa shape index (κ1) is 14.0. The van der Waals surface area contributed by atoms with E-state index in [4.69, 9.17) is 0 Å². The molecule has 0 aromatic rings. The Hall–Kier alpha value is -0.0800. The number of nitrogens with zero attached hydrogens (tertiary/aromatic N) is 1. The van der Waals surface area contributed by atoms with E-state index in [0.29, 0.717) is 11.5 Å². The maximum Gasteiger partial charge on any atom is 0.0115 e. The summed E-state index contributed by atoms with van der Waals surface area (Å²) >= 11 is 0. The summed E-state index contributed by atoms with van der Waals surface area (Å²) in [4.78, 5) is 2.68. The number of hydrogen-bond donors (Lipinski definition) is 1. The van der Waals surface area contributed by atoms with Gasteiger partial charge in [-0.15, -0.1) is 0 Å². The van der Waals surface area contributed by atoms with Gasteiger partial charge in [0.2, 0.25) is 0 Å². The molecular formula is C14H30N2. The standard InChI is InChI=1S/C14H30N2/c1-6-13-8-11-16(10-7-9-15-13)12(2)14(3,4)5/h12-13,15H,6-11H2,1-5H3. The lowest BCUT2D eigenvalue weighted by molar-refractivity contribution is 0.0995. The van der Waals surface area contributed by atoms with Gasteiger partial charge in [-0.1, -0.05) is 27.7 Å². The van der Waals surface area contributed by atoms with Crippen LogP contribution in [0.5, 0.6) is 0 Å². The van der Waals surface area contributed by atoms with Gasteiger partial charge in [-0.05, 0) is 51.2 Å². The van der Waals surface area contributed by atoms with Crippen molar-refractivity contribution in [2.75, 3.05) is 19.6 Å². The Labute approximate surface area is 102 Å². The largest absolute Gasteiger partial charge is 0.314 e. The summed E-state index contributed by atoms with van der Waals surface area (Å²) in [7, 11) is 0. The smallest absolute Gasteiger partial charge is 0.0115 e. The lowest BCUT2D eigenvalue weighted by atomic mass is 9.86. The van der Waals surface area contributed by atoms with Crippen molar-refractivity contribution >= 4 is 0 Å². The maximum atomic E-state index is 3.64. The Bertz CT molecular complexity index is 195. The van der Waals surface area contributed by atoms with Crippen molar-refractivity contribution in [1.29, 1.82) is 0 Å². The molecule has 0 amide bonds. The van der Waals surface area contributed by atoms with Crippen molar-refractivity contribution < 1.29 is 0 Å². The predicted octanol–water partition coefficient (Wildman–Crippen LogP) is 2.89. The maximum absolute atomic E-state index is 3.64. The first-order valence-corrected chi connectivity index (χ1v) is 6.92. The molecule has 2 heteroatoms. The number of nitrogens with one attached hydrogen (secondary N) is 1. The highest BCUT2D eigenvalue weighted by molar-refractivity contribution is 4.82. The van der Waals surface area contributed by atoms with Crippen LogP contribution in [0.1, 0.15) is 53.9 Å². The summed E-state index contributed by atoms with van der Waals surface area (Å²) in [6.45, 7) is 15.4. The fourth-order valence-corrected chi connectivity index (χ4v) is 2.41. The molecule has 16 heavy (non-hydrogen) atoms. The molecule has 0 aromatic carbocycles. The van der Waals surface area contributed by atoms with E-state index in [1.807, 2.05) is 0 Å². The molecule has 1 saturated heterocycles. The van der Waals surface area contributed by atoms with Crippen molar-refractivity contribution in [1.82, 2.24) is 10.2 Å². The van der Waals surface area contributed by atoms with Crippen LogP contribution in [0.2, 0.25) is 0 Å². The molecule has 0 aromatic heterocycles. The van der Waals surface area contributed by atoms with E-state index >= 15 is 0 Å². The van der Waals surface area contributed by atoms with E-state index in [1.54, 1.807) is 0 Å². The van der Waals surface area contributed by atoms with Gasteiger partial charge in [-0.25, -0.2) is 0 Å². The molecule has 1 rings (SSSR count). The SMILES string of the molecule is CCC1CCN(C(C)C(C)(C)C)CCCN1. The minimum Gasteiger partial charge on any atom is -0.314 e. The highest BCUT2D eigenvalue weighted by Crippen LogP contribution is 2.25. The molecule has 1 fully saturated rings. The molecule has 0 radical (unpaired) electrons. The predicted molar refractivity (Wildman–Crippen MR) is 71.8 cm³/mol. The van der Waals surface area contributed by atoms with Crippen LogP contribution in [0.25, 0.3) is 0 Å². The minimum atomic E-state index is 0.397. The van der Waals surface area contributed by atoms with Crippen LogP contribution in [0.4, 0.5) is 0 Å². The van der Waals surface area contributed by atoms with Crippen molar-refractivity contribution in [3.05, 3.63) is 0 Å². The topological polar surface area (TPSA) is 15.3 Å². The van der Waals surface area contributed by atoms with Gasteiger partial charge in [0.1, 0.15) is 0 Å². The van der Waals surface area contributed by atoms with E-state index in [9.17, 15) is 0 Å². The summed E-state index contributed by atoms with van der Waals surface area (Å²) in [5.74, 6) is 0. The van der Waals surface area contributed by atoms with Gasteiger partial charge in [0.15, 0.2) is 0 Å². The van der Waals surface area contributed by atoms with Crippen LogP contribution < -0.4 is 5.32 Å². The third-order valence-electron chi connectivity index (χ3n) is 4.11. The van der Waals surface area contributed by atoms with Crippen molar-refractivity contribution in [2.45, 2.75) is 66.0 Å². The second kappa shape index (κ2) is 6.02.